The molecule has 3 heterocycles. The smallest absolute Gasteiger partial charge is 0.137 e. The Kier molecular flexibility index (Phi) is 3.42. The highest BCUT2D eigenvalue weighted by molar-refractivity contribution is 6.32. The van der Waals surface area contributed by atoms with Crippen LogP contribution in [-0.4, -0.2) is 16.5 Å². The number of rotatable bonds is 2. The molecule has 5 rings (SSSR count). The zero-order valence-corrected chi connectivity index (χ0v) is 14.6. The zero-order chi connectivity index (χ0) is 16.8. The molecule has 0 fully saturated rings. The van der Waals surface area contributed by atoms with E-state index in [2.05, 4.69) is 45.2 Å². The van der Waals surface area contributed by atoms with Gasteiger partial charge in [0.25, 0.3) is 0 Å². The summed E-state index contributed by atoms with van der Waals surface area (Å²) in [7, 11) is 0. The Morgan fingerprint density at radius 1 is 1.12 bits per heavy atom. The molecule has 0 saturated carbocycles. The van der Waals surface area contributed by atoms with E-state index in [1.807, 2.05) is 18.3 Å². The van der Waals surface area contributed by atoms with Crippen LogP contribution in [0, 0.1) is 0 Å². The van der Waals surface area contributed by atoms with Crippen LogP contribution in [-0.2, 0) is 12.8 Å². The average Bonchev–Trinajstić information content (AvgIpc) is 3.27. The summed E-state index contributed by atoms with van der Waals surface area (Å²) in [6.07, 6.45) is 11.7. The maximum atomic E-state index is 6.65. The van der Waals surface area contributed by atoms with E-state index >= 15 is 0 Å². The second kappa shape index (κ2) is 5.78. The van der Waals surface area contributed by atoms with Crippen molar-refractivity contribution < 1.29 is 0 Å². The number of halogens is 1. The van der Waals surface area contributed by atoms with Gasteiger partial charge in [-0.25, -0.2) is 4.98 Å². The number of H-pyrrole nitrogens is 1. The van der Waals surface area contributed by atoms with Crippen molar-refractivity contribution in [2.24, 2.45) is 0 Å². The van der Waals surface area contributed by atoms with Gasteiger partial charge in [-0.3, -0.25) is 0 Å². The molecule has 1 aliphatic heterocycles. The number of anilines is 1. The number of aryl methyl sites for hydroxylation is 2. The van der Waals surface area contributed by atoms with Crippen LogP contribution in [0.4, 0.5) is 5.69 Å². The van der Waals surface area contributed by atoms with Crippen LogP contribution in [0.3, 0.4) is 0 Å². The molecule has 0 unspecified atom stereocenters. The SMILES string of the molecule is ClC1=CC(c2c[nH]c3ncccc23)=CCN1c1ccc2c(c1)CCC2. The standard InChI is InChI=1S/C21H18ClN3/c22-20-12-16(19-13-24-21-18(19)5-2-9-23-21)8-10-25(20)17-7-6-14-3-1-4-15(14)11-17/h2,5-9,11-13H,1,3-4,10H2,(H,23,24). The molecule has 0 amide bonds. The van der Waals surface area contributed by atoms with Crippen LogP contribution >= 0.6 is 11.6 Å². The summed E-state index contributed by atoms with van der Waals surface area (Å²) in [6, 6.07) is 10.8. The first-order chi connectivity index (χ1) is 12.3. The second-order valence-corrected chi connectivity index (χ2v) is 7.03. The number of hydrogen-bond donors (Lipinski definition) is 1. The average molecular weight is 348 g/mol. The van der Waals surface area contributed by atoms with E-state index in [9.17, 15) is 0 Å². The molecule has 2 aromatic heterocycles. The Bertz CT molecular complexity index is 1030. The lowest BCUT2D eigenvalue weighted by Gasteiger charge is -2.27. The maximum Gasteiger partial charge on any atom is 0.137 e. The normalized spacial score (nSPS) is 16.8. The molecular formula is C21H18ClN3. The fourth-order valence-electron chi connectivity index (χ4n) is 3.88. The molecule has 0 spiro atoms. The second-order valence-electron chi connectivity index (χ2n) is 6.65. The van der Waals surface area contributed by atoms with Gasteiger partial charge in [-0.05, 0) is 66.3 Å². The van der Waals surface area contributed by atoms with Gasteiger partial charge in [-0.15, -0.1) is 0 Å². The highest BCUT2D eigenvalue weighted by Gasteiger charge is 2.19. The van der Waals surface area contributed by atoms with Crippen LogP contribution in [0.25, 0.3) is 16.6 Å². The predicted octanol–water partition coefficient (Wildman–Crippen LogP) is 5.04. The summed E-state index contributed by atoms with van der Waals surface area (Å²) < 4.78 is 0. The van der Waals surface area contributed by atoms with Gasteiger partial charge in [-0.2, -0.15) is 0 Å². The summed E-state index contributed by atoms with van der Waals surface area (Å²) >= 11 is 6.65. The Labute approximate surface area is 151 Å². The number of nitrogens with one attached hydrogen (secondary N) is 1. The molecule has 0 atom stereocenters. The highest BCUT2D eigenvalue weighted by Crippen LogP contribution is 2.34. The fourth-order valence-corrected chi connectivity index (χ4v) is 4.16. The molecule has 1 aromatic carbocycles. The van der Waals surface area contributed by atoms with Crippen LogP contribution in [0.1, 0.15) is 23.1 Å². The van der Waals surface area contributed by atoms with Gasteiger partial charge in [0.1, 0.15) is 10.8 Å². The summed E-state index contributed by atoms with van der Waals surface area (Å²) in [5.74, 6) is 0. The van der Waals surface area contributed by atoms with Crippen LogP contribution in [0.5, 0.6) is 0 Å². The third-order valence-corrected chi connectivity index (χ3v) is 5.50. The van der Waals surface area contributed by atoms with Gasteiger partial charge in [0.05, 0.1) is 0 Å². The molecular weight excluding hydrogens is 330 g/mol. The van der Waals surface area contributed by atoms with Crippen molar-refractivity contribution in [3.05, 3.63) is 76.7 Å². The van der Waals surface area contributed by atoms with Crippen LogP contribution in [0.15, 0.2) is 60.0 Å². The molecule has 124 valence electrons. The lowest BCUT2D eigenvalue weighted by atomic mass is 10.0. The number of pyridine rings is 1. The Morgan fingerprint density at radius 2 is 2.04 bits per heavy atom. The van der Waals surface area contributed by atoms with E-state index < -0.39 is 0 Å². The summed E-state index contributed by atoms with van der Waals surface area (Å²) in [5.41, 5.74) is 7.33. The third kappa shape index (κ3) is 2.47. The summed E-state index contributed by atoms with van der Waals surface area (Å²) in [5, 5.41) is 1.88. The van der Waals surface area contributed by atoms with Gasteiger partial charge < -0.3 is 9.88 Å². The molecule has 3 aromatic rings. The van der Waals surface area contributed by atoms with Gasteiger partial charge >= 0.3 is 0 Å². The molecule has 1 N–H and O–H groups in total. The summed E-state index contributed by atoms with van der Waals surface area (Å²) in [4.78, 5) is 9.76. The number of benzene rings is 1. The van der Waals surface area contributed by atoms with Gasteiger partial charge in [0.2, 0.25) is 0 Å². The predicted molar refractivity (Wildman–Crippen MR) is 104 cm³/mol. The van der Waals surface area contributed by atoms with E-state index in [4.69, 9.17) is 11.6 Å². The first kappa shape index (κ1) is 14.8. The van der Waals surface area contributed by atoms with E-state index in [1.165, 1.54) is 36.1 Å². The minimum absolute atomic E-state index is 0.758. The lowest BCUT2D eigenvalue weighted by Crippen LogP contribution is -2.22. The van der Waals surface area contributed by atoms with Crippen LogP contribution in [0.2, 0.25) is 0 Å². The van der Waals surface area contributed by atoms with E-state index in [1.54, 1.807) is 6.20 Å². The minimum atomic E-state index is 0.758. The zero-order valence-electron chi connectivity index (χ0n) is 13.8. The molecule has 0 saturated heterocycles. The molecule has 4 heteroatoms. The van der Waals surface area contributed by atoms with Crippen molar-refractivity contribution in [3.8, 4) is 0 Å². The monoisotopic (exact) mass is 347 g/mol. The number of hydrogen-bond acceptors (Lipinski definition) is 2. The van der Waals surface area contributed by atoms with Gasteiger partial charge in [0, 0.05) is 35.6 Å². The van der Waals surface area contributed by atoms with Crippen molar-refractivity contribution in [2.75, 3.05) is 11.4 Å². The van der Waals surface area contributed by atoms with Crippen molar-refractivity contribution in [1.29, 1.82) is 0 Å². The molecule has 0 radical (unpaired) electrons. The molecule has 2 aliphatic rings. The Hall–Kier alpha value is -2.52. The molecule has 0 bridgehead atoms. The lowest BCUT2D eigenvalue weighted by molar-refractivity contribution is 0.911. The third-order valence-electron chi connectivity index (χ3n) is 5.18. The van der Waals surface area contributed by atoms with E-state index in [0.717, 1.165) is 33.9 Å². The number of aromatic nitrogens is 2. The Morgan fingerprint density at radius 3 is 2.96 bits per heavy atom. The summed E-state index contributed by atoms with van der Waals surface area (Å²) in [6.45, 7) is 0.774. The quantitative estimate of drug-likeness (QED) is 0.659. The first-order valence-corrected chi connectivity index (χ1v) is 9.06. The Balaban J connectivity index is 1.48. The number of nitrogens with zero attached hydrogens (tertiary/aromatic N) is 2. The van der Waals surface area contributed by atoms with Gasteiger partial charge in [0.15, 0.2) is 0 Å². The number of allylic oxidation sites excluding steroid dienone is 2. The minimum Gasteiger partial charge on any atom is -0.346 e. The largest absolute Gasteiger partial charge is 0.346 e. The topological polar surface area (TPSA) is 31.9 Å². The van der Waals surface area contributed by atoms with Crippen LogP contribution < -0.4 is 4.90 Å². The van der Waals surface area contributed by atoms with Crippen molar-refractivity contribution in [1.82, 2.24) is 9.97 Å². The molecule has 1 aliphatic carbocycles. The van der Waals surface area contributed by atoms with E-state index in [-0.39, 0.29) is 0 Å². The first-order valence-electron chi connectivity index (χ1n) is 8.69. The maximum absolute atomic E-state index is 6.65. The molecule has 25 heavy (non-hydrogen) atoms. The van der Waals surface area contributed by atoms with Gasteiger partial charge in [-0.1, -0.05) is 23.7 Å². The van der Waals surface area contributed by atoms with E-state index in [0.29, 0.717) is 0 Å². The molecule has 3 nitrogen and oxygen atoms in total. The number of aromatic amines is 1. The van der Waals surface area contributed by atoms with Crippen molar-refractivity contribution in [3.63, 3.8) is 0 Å². The number of fused-ring (bicyclic) bond motifs is 2. The highest BCUT2D eigenvalue weighted by atomic mass is 35.5. The van der Waals surface area contributed by atoms with Crippen molar-refractivity contribution >= 4 is 33.9 Å². The van der Waals surface area contributed by atoms with Crippen molar-refractivity contribution in [2.45, 2.75) is 19.3 Å². The fraction of sp³-hybridized carbons (Fsp3) is 0.190.